The van der Waals surface area contributed by atoms with E-state index in [1.165, 1.54) is 19.3 Å². The minimum atomic E-state index is -0.129. The van der Waals surface area contributed by atoms with Crippen LogP contribution >= 0.6 is 0 Å². The predicted octanol–water partition coefficient (Wildman–Crippen LogP) is 0.886. The Labute approximate surface area is 62.4 Å². The Hall–Kier alpha value is -0.0800. The van der Waals surface area contributed by atoms with Crippen molar-refractivity contribution in [3.63, 3.8) is 0 Å². The Morgan fingerprint density at radius 1 is 1.50 bits per heavy atom. The van der Waals surface area contributed by atoms with Crippen LogP contribution in [0.5, 0.6) is 0 Å². The first kappa shape index (κ1) is 8.02. The van der Waals surface area contributed by atoms with E-state index in [-0.39, 0.29) is 6.10 Å². The van der Waals surface area contributed by atoms with E-state index in [1.807, 2.05) is 0 Å². The van der Waals surface area contributed by atoms with E-state index >= 15 is 0 Å². The molecule has 0 aromatic carbocycles. The van der Waals surface area contributed by atoms with Gasteiger partial charge < -0.3 is 10.8 Å². The van der Waals surface area contributed by atoms with E-state index in [4.69, 9.17) is 5.73 Å². The van der Waals surface area contributed by atoms with Gasteiger partial charge in [-0.25, -0.2) is 0 Å². The topological polar surface area (TPSA) is 46.2 Å². The molecule has 0 bridgehead atoms. The normalized spacial score (nSPS) is 22.2. The molecule has 10 heavy (non-hydrogen) atoms. The Morgan fingerprint density at radius 2 is 2.20 bits per heavy atom. The van der Waals surface area contributed by atoms with Crippen molar-refractivity contribution in [3.8, 4) is 0 Å². The van der Waals surface area contributed by atoms with Gasteiger partial charge in [0.25, 0.3) is 0 Å². The molecule has 1 unspecified atom stereocenters. The van der Waals surface area contributed by atoms with Crippen molar-refractivity contribution in [2.75, 3.05) is 6.54 Å². The molecule has 0 aromatic heterocycles. The van der Waals surface area contributed by atoms with E-state index in [9.17, 15) is 5.11 Å². The molecule has 2 nitrogen and oxygen atoms in total. The van der Waals surface area contributed by atoms with Crippen molar-refractivity contribution in [3.05, 3.63) is 0 Å². The minimum absolute atomic E-state index is 0.129. The zero-order valence-electron chi connectivity index (χ0n) is 6.42. The second kappa shape index (κ2) is 3.94. The maximum Gasteiger partial charge on any atom is 0.0554 e. The van der Waals surface area contributed by atoms with Gasteiger partial charge in [-0.3, -0.25) is 0 Å². The molecule has 0 aromatic rings. The van der Waals surface area contributed by atoms with Gasteiger partial charge >= 0.3 is 0 Å². The molecule has 1 fully saturated rings. The zero-order chi connectivity index (χ0) is 7.40. The standard InChI is InChI=1S/C8H17NO/c9-5-4-8(10)6-7-2-1-3-7/h7-8,10H,1-6,9H2. The van der Waals surface area contributed by atoms with Gasteiger partial charge in [-0.05, 0) is 25.3 Å². The lowest BCUT2D eigenvalue weighted by Crippen LogP contribution is -2.21. The average Bonchev–Trinajstić information content (AvgIpc) is 1.80. The van der Waals surface area contributed by atoms with Crippen molar-refractivity contribution in [1.82, 2.24) is 0 Å². The van der Waals surface area contributed by atoms with Crippen LogP contribution in [0.4, 0.5) is 0 Å². The molecule has 1 rings (SSSR count). The van der Waals surface area contributed by atoms with Crippen molar-refractivity contribution < 1.29 is 5.11 Å². The fourth-order valence-electron chi connectivity index (χ4n) is 1.42. The van der Waals surface area contributed by atoms with Crippen LogP contribution in [-0.2, 0) is 0 Å². The SMILES string of the molecule is NCCC(O)CC1CCC1. The second-order valence-electron chi connectivity index (χ2n) is 3.26. The van der Waals surface area contributed by atoms with Gasteiger partial charge in [-0.1, -0.05) is 19.3 Å². The summed E-state index contributed by atoms with van der Waals surface area (Å²) in [4.78, 5) is 0. The van der Waals surface area contributed by atoms with E-state index in [0.29, 0.717) is 6.54 Å². The van der Waals surface area contributed by atoms with Crippen LogP contribution in [0, 0.1) is 5.92 Å². The number of hydrogen-bond donors (Lipinski definition) is 2. The highest BCUT2D eigenvalue weighted by Gasteiger charge is 2.20. The van der Waals surface area contributed by atoms with E-state index < -0.39 is 0 Å². The van der Waals surface area contributed by atoms with Gasteiger partial charge in [0.2, 0.25) is 0 Å². The molecule has 3 N–H and O–H groups in total. The maximum atomic E-state index is 9.30. The minimum Gasteiger partial charge on any atom is -0.393 e. The molecular weight excluding hydrogens is 126 g/mol. The van der Waals surface area contributed by atoms with Crippen molar-refractivity contribution in [1.29, 1.82) is 0 Å². The summed E-state index contributed by atoms with van der Waals surface area (Å²) in [5.41, 5.74) is 5.30. The summed E-state index contributed by atoms with van der Waals surface area (Å²) in [7, 11) is 0. The largest absolute Gasteiger partial charge is 0.393 e. The number of nitrogens with two attached hydrogens (primary N) is 1. The molecular formula is C8H17NO. The fraction of sp³-hybridized carbons (Fsp3) is 1.00. The lowest BCUT2D eigenvalue weighted by molar-refractivity contribution is 0.112. The Morgan fingerprint density at radius 3 is 2.60 bits per heavy atom. The Kier molecular flexibility index (Phi) is 3.16. The third kappa shape index (κ3) is 2.27. The van der Waals surface area contributed by atoms with Crippen LogP contribution < -0.4 is 5.73 Å². The first-order chi connectivity index (χ1) is 4.83. The molecule has 0 amide bonds. The summed E-state index contributed by atoms with van der Waals surface area (Å²) >= 11 is 0. The van der Waals surface area contributed by atoms with Crippen LogP contribution in [0.25, 0.3) is 0 Å². The van der Waals surface area contributed by atoms with E-state index in [1.54, 1.807) is 0 Å². The molecule has 0 aliphatic heterocycles. The zero-order valence-corrected chi connectivity index (χ0v) is 6.42. The third-order valence-electron chi connectivity index (χ3n) is 2.33. The summed E-state index contributed by atoms with van der Waals surface area (Å²) < 4.78 is 0. The maximum absolute atomic E-state index is 9.30. The highest BCUT2D eigenvalue weighted by molar-refractivity contribution is 4.72. The lowest BCUT2D eigenvalue weighted by Gasteiger charge is -2.27. The van der Waals surface area contributed by atoms with Crippen molar-refractivity contribution >= 4 is 0 Å². The van der Waals surface area contributed by atoms with Crippen molar-refractivity contribution in [2.45, 2.75) is 38.2 Å². The molecule has 1 aliphatic rings. The quantitative estimate of drug-likeness (QED) is 0.614. The van der Waals surface area contributed by atoms with Gasteiger partial charge in [0.1, 0.15) is 0 Å². The monoisotopic (exact) mass is 143 g/mol. The first-order valence-electron chi connectivity index (χ1n) is 4.21. The number of aliphatic hydroxyl groups excluding tert-OH is 1. The van der Waals surface area contributed by atoms with E-state index in [0.717, 1.165) is 18.8 Å². The fourth-order valence-corrected chi connectivity index (χ4v) is 1.42. The molecule has 0 saturated heterocycles. The molecule has 1 atom stereocenters. The van der Waals surface area contributed by atoms with Gasteiger partial charge in [-0.15, -0.1) is 0 Å². The van der Waals surface area contributed by atoms with Crippen molar-refractivity contribution in [2.24, 2.45) is 11.7 Å². The molecule has 60 valence electrons. The van der Waals surface area contributed by atoms with Gasteiger partial charge in [0, 0.05) is 0 Å². The van der Waals surface area contributed by atoms with Crippen LogP contribution in [0.1, 0.15) is 32.1 Å². The molecule has 0 radical (unpaired) electrons. The Balaban J connectivity index is 1.99. The van der Waals surface area contributed by atoms with Crippen LogP contribution in [0.3, 0.4) is 0 Å². The molecule has 0 spiro atoms. The van der Waals surface area contributed by atoms with Crippen LogP contribution in [-0.4, -0.2) is 17.8 Å². The molecule has 1 aliphatic carbocycles. The second-order valence-corrected chi connectivity index (χ2v) is 3.26. The van der Waals surface area contributed by atoms with Gasteiger partial charge in [0.15, 0.2) is 0 Å². The number of aliphatic hydroxyl groups is 1. The highest BCUT2D eigenvalue weighted by atomic mass is 16.3. The summed E-state index contributed by atoms with van der Waals surface area (Å²) in [5, 5.41) is 9.30. The van der Waals surface area contributed by atoms with Crippen LogP contribution in [0.2, 0.25) is 0 Å². The van der Waals surface area contributed by atoms with E-state index in [2.05, 4.69) is 0 Å². The Bertz CT molecular complexity index is 91.3. The summed E-state index contributed by atoms with van der Waals surface area (Å²) in [6.45, 7) is 0.619. The average molecular weight is 143 g/mol. The van der Waals surface area contributed by atoms with Gasteiger partial charge in [-0.2, -0.15) is 0 Å². The highest BCUT2D eigenvalue weighted by Crippen LogP contribution is 2.30. The smallest absolute Gasteiger partial charge is 0.0554 e. The summed E-state index contributed by atoms with van der Waals surface area (Å²) in [5.74, 6) is 0.807. The molecule has 1 saturated carbocycles. The summed E-state index contributed by atoms with van der Waals surface area (Å²) in [6.07, 6.45) is 5.63. The lowest BCUT2D eigenvalue weighted by atomic mass is 9.81. The van der Waals surface area contributed by atoms with Crippen LogP contribution in [0.15, 0.2) is 0 Å². The predicted molar refractivity (Wildman–Crippen MR) is 41.6 cm³/mol. The molecule has 0 heterocycles. The first-order valence-corrected chi connectivity index (χ1v) is 4.21. The molecule has 2 heteroatoms. The number of rotatable bonds is 4. The third-order valence-corrected chi connectivity index (χ3v) is 2.33. The number of hydrogen-bond acceptors (Lipinski definition) is 2. The summed E-state index contributed by atoms with van der Waals surface area (Å²) in [6, 6.07) is 0. The van der Waals surface area contributed by atoms with Gasteiger partial charge in [0.05, 0.1) is 6.10 Å².